The summed E-state index contributed by atoms with van der Waals surface area (Å²) >= 11 is 0. The summed E-state index contributed by atoms with van der Waals surface area (Å²) in [6.45, 7) is 10.6. The Morgan fingerprint density at radius 3 is 2.10 bits per heavy atom. The zero-order chi connectivity index (χ0) is 22.0. The predicted molar refractivity (Wildman–Crippen MR) is 111 cm³/mol. The monoisotopic (exact) mass is 414 g/mol. The second-order valence-electron chi connectivity index (χ2n) is 7.79. The summed E-state index contributed by atoms with van der Waals surface area (Å²) in [5, 5.41) is 0. The molecule has 7 heteroatoms. The van der Waals surface area contributed by atoms with Crippen molar-refractivity contribution in [3.63, 3.8) is 0 Å². The lowest BCUT2D eigenvalue weighted by atomic mass is 9.99. The van der Waals surface area contributed by atoms with Crippen molar-refractivity contribution in [1.82, 2.24) is 0 Å². The van der Waals surface area contributed by atoms with E-state index in [0.29, 0.717) is 11.7 Å². The van der Waals surface area contributed by atoms with Crippen molar-refractivity contribution in [2.45, 2.75) is 72.7 Å². The maximum atomic E-state index is 12.2. The van der Waals surface area contributed by atoms with E-state index < -0.39 is 6.36 Å². The van der Waals surface area contributed by atoms with E-state index in [1.807, 2.05) is 13.8 Å². The summed E-state index contributed by atoms with van der Waals surface area (Å²) in [5.41, 5.74) is 6.85. The molecule has 4 nitrogen and oxygen atoms in total. The highest BCUT2D eigenvalue weighted by Gasteiger charge is 2.31. The van der Waals surface area contributed by atoms with Gasteiger partial charge in [-0.3, -0.25) is 4.99 Å². The molecule has 164 valence electrons. The average Bonchev–Trinajstić information content (AvgIpc) is 2.59. The molecule has 1 aromatic rings. The Balaban J connectivity index is 2.88. The topological polar surface area (TPSA) is 56.8 Å². The number of benzene rings is 1. The number of nitrogens with zero attached hydrogens (tertiary/aromatic N) is 1. The molecule has 1 atom stereocenters. The van der Waals surface area contributed by atoms with Gasteiger partial charge in [-0.2, -0.15) is 0 Å². The van der Waals surface area contributed by atoms with Gasteiger partial charge in [0.15, 0.2) is 5.88 Å². The van der Waals surface area contributed by atoms with E-state index in [-0.39, 0.29) is 23.6 Å². The number of ether oxygens (including phenoxy) is 2. The molecule has 0 fully saturated rings. The highest BCUT2D eigenvalue weighted by molar-refractivity contribution is 5.96. The second-order valence-corrected chi connectivity index (χ2v) is 7.79. The SMILES string of the molecule is CCCC(CCC(C)C)N=C(/C=C(\N)Oc1ccc(OC(F)(F)F)cc1)C(C)C. The molecule has 0 aliphatic carbocycles. The van der Waals surface area contributed by atoms with E-state index in [9.17, 15) is 13.2 Å². The van der Waals surface area contributed by atoms with Crippen LogP contribution >= 0.6 is 0 Å². The lowest BCUT2D eigenvalue weighted by molar-refractivity contribution is -0.274. The molecule has 0 heterocycles. The molecule has 0 bridgehead atoms. The van der Waals surface area contributed by atoms with Gasteiger partial charge in [0, 0.05) is 11.8 Å². The van der Waals surface area contributed by atoms with Gasteiger partial charge in [-0.15, -0.1) is 13.2 Å². The van der Waals surface area contributed by atoms with Crippen LogP contribution in [0, 0.1) is 11.8 Å². The van der Waals surface area contributed by atoms with Crippen molar-refractivity contribution >= 4 is 5.71 Å². The summed E-state index contributed by atoms with van der Waals surface area (Å²) in [4.78, 5) is 4.91. The fraction of sp³-hybridized carbons (Fsp3) is 0.591. The maximum Gasteiger partial charge on any atom is 0.573 e. The number of aliphatic imine (C=N–C) groups is 1. The first-order valence-electron chi connectivity index (χ1n) is 10.1. The number of allylic oxidation sites excluding steroid dienone is 1. The fourth-order valence-corrected chi connectivity index (χ4v) is 2.72. The quantitative estimate of drug-likeness (QED) is 0.334. The number of rotatable bonds is 11. The fourth-order valence-electron chi connectivity index (χ4n) is 2.72. The first-order valence-corrected chi connectivity index (χ1v) is 10.1. The van der Waals surface area contributed by atoms with Gasteiger partial charge in [-0.1, -0.05) is 41.0 Å². The summed E-state index contributed by atoms with van der Waals surface area (Å²) in [7, 11) is 0. The summed E-state index contributed by atoms with van der Waals surface area (Å²) in [5.74, 6) is 0.935. The highest BCUT2D eigenvalue weighted by atomic mass is 19.4. The Kier molecular flexibility index (Phi) is 10.1. The van der Waals surface area contributed by atoms with Crippen LogP contribution in [-0.4, -0.2) is 18.1 Å². The number of hydrogen-bond acceptors (Lipinski definition) is 4. The predicted octanol–water partition coefficient (Wildman–Crippen LogP) is 6.47. The third-order valence-electron chi connectivity index (χ3n) is 4.21. The molecular formula is C22H33F3N2O2. The van der Waals surface area contributed by atoms with Crippen LogP contribution in [0.4, 0.5) is 13.2 Å². The first kappa shape index (κ1) is 24.9. The van der Waals surface area contributed by atoms with E-state index in [0.717, 1.165) is 31.4 Å². The summed E-state index contributed by atoms with van der Waals surface area (Å²) in [6, 6.07) is 5.34. The van der Waals surface area contributed by atoms with E-state index in [1.54, 1.807) is 6.08 Å². The lowest BCUT2D eigenvalue weighted by Crippen LogP contribution is -2.17. The summed E-state index contributed by atoms with van der Waals surface area (Å²) in [6.07, 6.45) is 1.17. The average molecular weight is 415 g/mol. The third-order valence-corrected chi connectivity index (χ3v) is 4.21. The minimum Gasteiger partial charge on any atom is -0.442 e. The van der Waals surface area contributed by atoms with Crippen LogP contribution in [0.3, 0.4) is 0 Å². The van der Waals surface area contributed by atoms with Gasteiger partial charge in [0.2, 0.25) is 0 Å². The molecule has 0 amide bonds. The van der Waals surface area contributed by atoms with Crippen LogP contribution in [0.1, 0.15) is 60.3 Å². The van der Waals surface area contributed by atoms with Gasteiger partial charge >= 0.3 is 6.36 Å². The molecular weight excluding hydrogens is 381 g/mol. The molecule has 0 aromatic heterocycles. The van der Waals surface area contributed by atoms with Gasteiger partial charge in [-0.25, -0.2) is 0 Å². The van der Waals surface area contributed by atoms with E-state index in [1.165, 1.54) is 24.3 Å². The minimum absolute atomic E-state index is 0.140. The van der Waals surface area contributed by atoms with Crippen LogP contribution in [0.5, 0.6) is 11.5 Å². The van der Waals surface area contributed by atoms with Gasteiger partial charge in [0.05, 0.1) is 6.04 Å². The van der Waals surface area contributed by atoms with Crippen LogP contribution in [-0.2, 0) is 0 Å². The Morgan fingerprint density at radius 1 is 1.03 bits per heavy atom. The molecule has 1 unspecified atom stereocenters. The second kappa shape index (κ2) is 11.7. The zero-order valence-electron chi connectivity index (χ0n) is 17.9. The third kappa shape index (κ3) is 10.8. The highest BCUT2D eigenvalue weighted by Crippen LogP contribution is 2.25. The Morgan fingerprint density at radius 2 is 1.62 bits per heavy atom. The van der Waals surface area contributed by atoms with Crippen molar-refractivity contribution < 1.29 is 22.6 Å². The van der Waals surface area contributed by atoms with Crippen molar-refractivity contribution in [2.75, 3.05) is 0 Å². The van der Waals surface area contributed by atoms with Crippen molar-refractivity contribution in [2.24, 2.45) is 22.6 Å². The molecule has 29 heavy (non-hydrogen) atoms. The molecule has 1 rings (SSSR count). The van der Waals surface area contributed by atoms with Gasteiger partial charge in [0.25, 0.3) is 0 Å². The molecule has 0 saturated heterocycles. The molecule has 0 aliphatic rings. The van der Waals surface area contributed by atoms with Gasteiger partial charge in [0.1, 0.15) is 11.5 Å². The maximum absolute atomic E-state index is 12.2. The molecule has 0 aliphatic heterocycles. The van der Waals surface area contributed by atoms with Gasteiger partial charge < -0.3 is 15.2 Å². The van der Waals surface area contributed by atoms with Crippen LogP contribution in [0.2, 0.25) is 0 Å². The molecule has 0 saturated carbocycles. The zero-order valence-corrected chi connectivity index (χ0v) is 17.9. The van der Waals surface area contributed by atoms with Crippen LogP contribution < -0.4 is 15.2 Å². The number of nitrogens with two attached hydrogens (primary N) is 1. The molecule has 0 radical (unpaired) electrons. The number of hydrogen-bond donors (Lipinski definition) is 1. The van der Waals surface area contributed by atoms with E-state index in [4.69, 9.17) is 15.5 Å². The Hall–Kier alpha value is -2.18. The standard InChI is InChI=1S/C22H33F3N2O2/c1-6-7-17(9-8-15(2)3)27-20(16(4)5)14-21(26)28-18-10-12-19(13-11-18)29-22(23,24)25/h10-17H,6-9,26H2,1-5H3/b21-14+,27-20?. The smallest absolute Gasteiger partial charge is 0.442 e. The number of halogens is 3. The van der Waals surface area contributed by atoms with E-state index in [2.05, 4.69) is 25.5 Å². The van der Waals surface area contributed by atoms with Crippen LogP contribution in [0.15, 0.2) is 41.2 Å². The Labute approximate surface area is 172 Å². The minimum atomic E-state index is -4.73. The van der Waals surface area contributed by atoms with Crippen molar-refractivity contribution in [3.05, 3.63) is 36.2 Å². The van der Waals surface area contributed by atoms with E-state index >= 15 is 0 Å². The largest absolute Gasteiger partial charge is 0.573 e. The first-order chi connectivity index (χ1) is 13.5. The van der Waals surface area contributed by atoms with Crippen molar-refractivity contribution in [1.29, 1.82) is 0 Å². The normalized spacial score (nSPS) is 14.4. The van der Waals surface area contributed by atoms with Crippen LogP contribution in [0.25, 0.3) is 0 Å². The summed E-state index contributed by atoms with van der Waals surface area (Å²) < 4.78 is 46.1. The van der Waals surface area contributed by atoms with Gasteiger partial charge in [-0.05, 0) is 55.4 Å². The Bertz CT molecular complexity index is 666. The lowest BCUT2D eigenvalue weighted by Gasteiger charge is -2.17. The van der Waals surface area contributed by atoms with Crippen molar-refractivity contribution in [3.8, 4) is 11.5 Å². The molecule has 2 N–H and O–H groups in total. The number of alkyl halides is 3. The molecule has 0 spiro atoms. The molecule has 1 aromatic carbocycles.